The number of allylic oxidation sites excluding steroid dienone is 1. The van der Waals surface area contributed by atoms with Gasteiger partial charge in [0.1, 0.15) is 0 Å². The fraction of sp³-hybridized carbons (Fsp3) is 0.417. The van der Waals surface area contributed by atoms with E-state index in [1.165, 1.54) is 0 Å². The summed E-state index contributed by atoms with van der Waals surface area (Å²) in [4.78, 5) is 3.99. The minimum absolute atomic E-state index is 0.190. The van der Waals surface area contributed by atoms with Gasteiger partial charge < -0.3 is 5.11 Å². The second-order valence-corrected chi connectivity index (χ2v) is 4.17. The van der Waals surface area contributed by atoms with Crippen LogP contribution in [0.1, 0.15) is 31.9 Å². The third-order valence-electron chi connectivity index (χ3n) is 2.41. The van der Waals surface area contributed by atoms with Crippen molar-refractivity contribution in [2.75, 3.05) is 0 Å². The molecule has 0 amide bonds. The summed E-state index contributed by atoms with van der Waals surface area (Å²) in [7, 11) is 0. The summed E-state index contributed by atoms with van der Waals surface area (Å²) in [6.45, 7) is 7.74. The van der Waals surface area contributed by atoms with E-state index in [0.717, 1.165) is 12.0 Å². The van der Waals surface area contributed by atoms with E-state index in [9.17, 15) is 5.11 Å². The molecule has 1 atom stereocenters. The van der Waals surface area contributed by atoms with Crippen molar-refractivity contribution in [3.05, 3.63) is 42.7 Å². The summed E-state index contributed by atoms with van der Waals surface area (Å²) >= 11 is 0. The van der Waals surface area contributed by atoms with Crippen LogP contribution in [0.25, 0.3) is 0 Å². The summed E-state index contributed by atoms with van der Waals surface area (Å²) in [6, 6.07) is 3.73. The maximum atomic E-state index is 10.1. The number of aliphatic hydroxyl groups excluding tert-OH is 1. The molecule has 1 aromatic heterocycles. The molecule has 0 saturated carbocycles. The average molecular weight is 191 g/mol. The van der Waals surface area contributed by atoms with E-state index in [1.807, 2.05) is 32.1 Å². The second kappa shape index (κ2) is 4.38. The maximum Gasteiger partial charge on any atom is 0.0858 e. The summed E-state index contributed by atoms with van der Waals surface area (Å²) in [6.07, 6.45) is 5.53. The van der Waals surface area contributed by atoms with Crippen LogP contribution in [0.3, 0.4) is 0 Å². The Morgan fingerprint density at radius 1 is 1.64 bits per heavy atom. The lowest BCUT2D eigenvalue weighted by atomic mass is 9.80. The zero-order valence-corrected chi connectivity index (χ0v) is 8.77. The SMILES string of the molecule is C=CCC(C)(C)[C@@H](O)c1cccnc1. The lowest BCUT2D eigenvalue weighted by molar-refractivity contribution is 0.0511. The van der Waals surface area contributed by atoms with Gasteiger partial charge in [0.05, 0.1) is 6.10 Å². The Morgan fingerprint density at radius 2 is 2.36 bits per heavy atom. The van der Waals surface area contributed by atoms with Gasteiger partial charge in [-0.25, -0.2) is 0 Å². The van der Waals surface area contributed by atoms with E-state index >= 15 is 0 Å². The lowest BCUT2D eigenvalue weighted by Crippen LogP contribution is -2.21. The van der Waals surface area contributed by atoms with Crippen molar-refractivity contribution in [3.8, 4) is 0 Å². The van der Waals surface area contributed by atoms with E-state index in [1.54, 1.807) is 12.4 Å². The highest BCUT2D eigenvalue weighted by molar-refractivity contribution is 5.14. The van der Waals surface area contributed by atoms with Gasteiger partial charge in [0.2, 0.25) is 0 Å². The van der Waals surface area contributed by atoms with Crippen molar-refractivity contribution < 1.29 is 5.11 Å². The molecule has 0 fully saturated rings. The molecule has 14 heavy (non-hydrogen) atoms. The third-order valence-corrected chi connectivity index (χ3v) is 2.41. The van der Waals surface area contributed by atoms with Gasteiger partial charge >= 0.3 is 0 Å². The van der Waals surface area contributed by atoms with Crippen molar-refractivity contribution >= 4 is 0 Å². The Hall–Kier alpha value is -1.15. The van der Waals surface area contributed by atoms with Gasteiger partial charge in [0, 0.05) is 12.4 Å². The third kappa shape index (κ3) is 2.42. The predicted octanol–water partition coefficient (Wildman–Crippen LogP) is 2.72. The van der Waals surface area contributed by atoms with Gasteiger partial charge in [0.15, 0.2) is 0 Å². The minimum Gasteiger partial charge on any atom is -0.388 e. The summed E-state index contributed by atoms with van der Waals surface area (Å²) < 4.78 is 0. The standard InChI is InChI=1S/C12H17NO/c1-4-7-12(2,3)11(14)10-6-5-8-13-9-10/h4-6,8-9,11,14H,1,7H2,2-3H3/t11-/m0/s1. The van der Waals surface area contributed by atoms with Crippen LogP contribution in [-0.2, 0) is 0 Å². The number of rotatable bonds is 4. The fourth-order valence-electron chi connectivity index (χ4n) is 1.47. The van der Waals surface area contributed by atoms with Gasteiger partial charge in [-0.05, 0) is 23.5 Å². The molecule has 0 saturated heterocycles. The molecule has 0 aromatic carbocycles. The highest BCUT2D eigenvalue weighted by Gasteiger charge is 2.27. The first kappa shape index (κ1) is 10.9. The number of hydrogen-bond acceptors (Lipinski definition) is 2. The van der Waals surface area contributed by atoms with Crippen LogP contribution in [0.5, 0.6) is 0 Å². The van der Waals surface area contributed by atoms with Gasteiger partial charge in [-0.15, -0.1) is 6.58 Å². The number of hydrogen-bond donors (Lipinski definition) is 1. The molecular weight excluding hydrogens is 174 g/mol. The molecule has 2 heteroatoms. The van der Waals surface area contributed by atoms with E-state index in [4.69, 9.17) is 0 Å². The maximum absolute atomic E-state index is 10.1. The van der Waals surface area contributed by atoms with Crippen molar-refractivity contribution in [2.24, 2.45) is 5.41 Å². The smallest absolute Gasteiger partial charge is 0.0858 e. The minimum atomic E-state index is -0.491. The van der Waals surface area contributed by atoms with E-state index in [-0.39, 0.29) is 5.41 Å². The van der Waals surface area contributed by atoms with Crippen LogP contribution in [0.4, 0.5) is 0 Å². The highest BCUT2D eigenvalue weighted by atomic mass is 16.3. The quantitative estimate of drug-likeness (QED) is 0.742. The topological polar surface area (TPSA) is 33.1 Å². The Morgan fingerprint density at radius 3 is 2.86 bits per heavy atom. The van der Waals surface area contributed by atoms with Crippen LogP contribution in [0.15, 0.2) is 37.2 Å². The zero-order chi connectivity index (χ0) is 10.6. The van der Waals surface area contributed by atoms with Crippen molar-refractivity contribution in [1.29, 1.82) is 0 Å². The molecule has 1 heterocycles. The normalized spacial score (nSPS) is 13.6. The predicted molar refractivity (Wildman–Crippen MR) is 57.8 cm³/mol. The molecule has 1 aromatic rings. The second-order valence-electron chi connectivity index (χ2n) is 4.17. The van der Waals surface area contributed by atoms with Crippen molar-refractivity contribution in [1.82, 2.24) is 4.98 Å². The first-order chi connectivity index (χ1) is 6.58. The van der Waals surface area contributed by atoms with Crippen LogP contribution < -0.4 is 0 Å². The first-order valence-electron chi connectivity index (χ1n) is 4.77. The Labute approximate surface area is 85.3 Å². The molecule has 76 valence electrons. The molecule has 0 bridgehead atoms. The monoisotopic (exact) mass is 191 g/mol. The molecule has 0 spiro atoms. The van der Waals surface area contributed by atoms with E-state index in [2.05, 4.69) is 11.6 Å². The van der Waals surface area contributed by atoms with E-state index < -0.39 is 6.10 Å². The van der Waals surface area contributed by atoms with Crippen LogP contribution in [0, 0.1) is 5.41 Å². The molecule has 0 aliphatic carbocycles. The molecular formula is C12H17NO. The van der Waals surface area contributed by atoms with Crippen molar-refractivity contribution in [2.45, 2.75) is 26.4 Å². The Balaban J connectivity index is 2.84. The molecule has 0 radical (unpaired) electrons. The highest BCUT2D eigenvalue weighted by Crippen LogP contribution is 2.35. The summed E-state index contributed by atoms with van der Waals surface area (Å²) in [5.41, 5.74) is 0.671. The number of aromatic nitrogens is 1. The summed E-state index contributed by atoms with van der Waals surface area (Å²) in [5.74, 6) is 0. The van der Waals surface area contributed by atoms with Gasteiger partial charge in [-0.2, -0.15) is 0 Å². The van der Waals surface area contributed by atoms with Crippen molar-refractivity contribution in [3.63, 3.8) is 0 Å². The zero-order valence-electron chi connectivity index (χ0n) is 8.77. The molecule has 1 N–H and O–H groups in total. The van der Waals surface area contributed by atoms with Gasteiger partial charge in [0.25, 0.3) is 0 Å². The number of nitrogens with zero attached hydrogens (tertiary/aromatic N) is 1. The first-order valence-corrected chi connectivity index (χ1v) is 4.77. The molecule has 0 aliphatic heterocycles. The van der Waals surface area contributed by atoms with Crippen LogP contribution in [-0.4, -0.2) is 10.1 Å². The molecule has 1 rings (SSSR count). The summed E-state index contributed by atoms with van der Waals surface area (Å²) in [5, 5.41) is 10.1. The largest absolute Gasteiger partial charge is 0.388 e. The Kier molecular flexibility index (Phi) is 3.42. The van der Waals surface area contributed by atoms with Gasteiger partial charge in [-0.3, -0.25) is 4.98 Å². The van der Waals surface area contributed by atoms with Gasteiger partial charge in [-0.1, -0.05) is 26.0 Å². The van der Waals surface area contributed by atoms with Crippen LogP contribution >= 0.6 is 0 Å². The molecule has 2 nitrogen and oxygen atoms in total. The van der Waals surface area contributed by atoms with E-state index in [0.29, 0.717) is 0 Å². The lowest BCUT2D eigenvalue weighted by Gasteiger charge is -2.29. The molecule has 0 unspecified atom stereocenters. The average Bonchev–Trinajstić information content (AvgIpc) is 2.18. The van der Waals surface area contributed by atoms with Crippen LogP contribution in [0.2, 0.25) is 0 Å². The fourth-order valence-corrected chi connectivity index (χ4v) is 1.47. The number of aliphatic hydroxyl groups is 1. The number of pyridine rings is 1. The Bertz CT molecular complexity index is 292. The molecule has 0 aliphatic rings.